The van der Waals surface area contributed by atoms with Gasteiger partial charge in [-0.2, -0.15) is 0 Å². The van der Waals surface area contributed by atoms with E-state index in [9.17, 15) is 28.8 Å². The van der Waals surface area contributed by atoms with Gasteiger partial charge in [0.25, 0.3) is 0 Å². The second-order valence-corrected chi connectivity index (χ2v) is 18.6. The van der Waals surface area contributed by atoms with Gasteiger partial charge in [-0.3, -0.25) is 14.4 Å². The molecule has 0 heterocycles. The predicted molar refractivity (Wildman–Crippen MR) is 302 cm³/mol. The fourth-order valence-corrected chi connectivity index (χ4v) is 7.77. The Balaban J connectivity index is 1.29. The molecule has 0 unspecified atom stereocenters. The minimum atomic E-state index is -0.899. The van der Waals surface area contributed by atoms with Crippen LogP contribution in [0.2, 0.25) is 0 Å². The fraction of sp³-hybridized carbons (Fsp3) is 0.524. The monoisotopic (exact) mass is 1080 g/mol. The Labute approximate surface area is 463 Å². The summed E-state index contributed by atoms with van der Waals surface area (Å²) in [5.41, 5.74) is 2.64. The van der Waals surface area contributed by atoms with Crippen molar-refractivity contribution in [2.45, 2.75) is 162 Å². The van der Waals surface area contributed by atoms with E-state index in [4.69, 9.17) is 42.6 Å². The molecule has 0 aliphatic heterocycles. The number of carbonyl (C=O) groups excluding carboxylic acids is 6. The number of hydrogen-bond donors (Lipinski definition) is 0. The Morgan fingerprint density at radius 2 is 0.615 bits per heavy atom. The third-order valence-corrected chi connectivity index (χ3v) is 12.0. The summed E-state index contributed by atoms with van der Waals surface area (Å²) in [7, 11) is 0. The molecule has 0 N–H and O–H groups in total. The molecule has 0 saturated carbocycles. The average Bonchev–Trinajstić information content (AvgIpc) is 3.44. The Hall–Kier alpha value is -6.90. The highest BCUT2D eigenvalue weighted by Crippen LogP contribution is 2.19. The molecule has 0 aliphatic rings. The Morgan fingerprint density at radius 1 is 0.346 bits per heavy atom. The van der Waals surface area contributed by atoms with Gasteiger partial charge >= 0.3 is 35.8 Å². The maximum absolute atomic E-state index is 12.9. The van der Waals surface area contributed by atoms with Gasteiger partial charge in [-0.05, 0) is 131 Å². The number of esters is 6. The van der Waals surface area contributed by atoms with Gasteiger partial charge in [-0.25, -0.2) is 14.4 Å². The van der Waals surface area contributed by atoms with E-state index in [0.717, 1.165) is 130 Å². The number of ether oxygens (including phenoxy) is 9. The maximum Gasteiger partial charge on any atom is 0.330 e. The van der Waals surface area contributed by atoms with Crippen molar-refractivity contribution in [2.24, 2.45) is 0 Å². The molecule has 0 fully saturated rings. The molecule has 0 atom stereocenters. The smallest absolute Gasteiger partial charge is 0.330 e. The van der Waals surface area contributed by atoms with E-state index in [1.807, 2.05) is 72.8 Å². The highest BCUT2D eigenvalue weighted by Gasteiger charge is 2.20. The molecular weight excluding hydrogens is 997 g/mol. The van der Waals surface area contributed by atoms with Crippen LogP contribution in [0.15, 0.2) is 91.0 Å². The van der Waals surface area contributed by atoms with Crippen LogP contribution < -0.4 is 14.2 Å². The first-order valence-corrected chi connectivity index (χ1v) is 28.3. The van der Waals surface area contributed by atoms with Crippen LogP contribution >= 0.6 is 0 Å². The molecule has 3 rings (SSSR count). The van der Waals surface area contributed by atoms with E-state index in [-0.39, 0.29) is 62.3 Å². The first kappa shape index (κ1) is 65.4. The summed E-state index contributed by atoms with van der Waals surface area (Å²) in [6.07, 6.45) is 25.4. The zero-order valence-corrected chi connectivity index (χ0v) is 46.6. The van der Waals surface area contributed by atoms with Crippen molar-refractivity contribution < 1.29 is 71.4 Å². The topological polar surface area (TPSA) is 185 Å². The largest absolute Gasteiger partial charge is 0.494 e. The van der Waals surface area contributed by atoms with Crippen LogP contribution in [0.25, 0.3) is 18.2 Å². The fourth-order valence-electron chi connectivity index (χ4n) is 7.77. The van der Waals surface area contributed by atoms with Gasteiger partial charge in [0.15, 0.2) is 6.10 Å². The van der Waals surface area contributed by atoms with Crippen molar-refractivity contribution in [2.75, 3.05) is 52.9 Å². The summed E-state index contributed by atoms with van der Waals surface area (Å²) in [6, 6.07) is 22.6. The number of unbranched alkanes of at least 4 members (excludes halogenated alkanes) is 15. The summed E-state index contributed by atoms with van der Waals surface area (Å²) < 4.78 is 49.1. The van der Waals surface area contributed by atoms with Gasteiger partial charge < -0.3 is 42.6 Å². The molecule has 15 nitrogen and oxygen atoms in total. The molecule has 0 bridgehead atoms. The summed E-state index contributed by atoms with van der Waals surface area (Å²) in [5.74, 6) is -0.00952. The van der Waals surface area contributed by atoms with Crippen LogP contribution in [0.1, 0.15) is 172 Å². The van der Waals surface area contributed by atoms with Crippen molar-refractivity contribution in [3.8, 4) is 17.2 Å². The molecule has 0 radical (unpaired) electrons. The van der Waals surface area contributed by atoms with Crippen molar-refractivity contribution in [1.29, 1.82) is 0 Å². The van der Waals surface area contributed by atoms with Gasteiger partial charge in [-0.15, -0.1) is 0 Å². The van der Waals surface area contributed by atoms with Crippen molar-refractivity contribution in [3.05, 3.63) is 108 Å². The lowest BCUT2D eigenvalue weighted by Gasteiger charge is -2.18. The molecule has 15 heteroatoms. The van der Waals surface area contributed by atoms with E-state index < -0.39 is 12.1 Å². The van der Waals surface area contributed by atoms with Crippen LogP contribution in [-0.2, 0) is 57.2 Å². The molecule has 0 aliphatic carbocycles. The van der Waals surface area contributed by atoms with Crippen LogP contribution in [0.3, 0.4) is 0 Å². The Morgan fingerprint density at radius 3 is 0.910 bits per heavy atom. The van der Waals surface area contributed by atoms with Gasteiger partial charge in [0, 0.05) is 37.5 Å². The normalized spacial score (nSPS) is 11.6. The number of benzene rings is 3. The quantitative estimate of drug-likeness (QED) is 0.0225. The second-order valence-electron chi connectivity index (χ2n) is 18.6. The molecule has 0 amide bonds. The third kappa shape index (κ3) is 34.0. The molecule has 428 valence electrons. The molecule has 78 heavy (non-hydrogen) atoms. The number of rotatable bonds is 44. The predicted octanol–water partition coefficient (Wildman–Crippen LogP) is 13.1. The molecule has 3 aromatic rings. The summed E-state index contributed by atoms with van der Waals surface area (Å²) in [5, 5.41) is 0. The molecule has 0 saturated heterocycles. The van der Waals surface area contributed by atoms with Gasteiger partial charge in [0.2, 0.25) is 0 Å². The van der Waals surface area contributed by atoms with Crippen LogP contribution in [0, 0.1) is 0 Å². The lowest BCUT2D eigenvalue weighted by Crippen LogP contribution is -2.30. The molecule has 3 aromatic carbocycles. The van der Waals surface area contributed by atoms with E-state index >= 15 is 0 Å². The highest BCUT2D eigenvalue weighted by atomic mass is 16.6. The lowest BCUT2D eigenvalue weighted by molar-refractivity contribution is -0.167. The first-order chi connectivity index (χ1) is 38.1. The molecular formula is C63H86O15. The Bertz CT molecular complexity index is 2110. The summed E-state index contributed by atoms with van der Waals surface area (Å²) >= 11 is 0. The zero-order chi connectivity index (χ0) is 56.1. The SMILES string of the molecule is CCOC(=O)C=Cc1ccc(OCCCCCCCCC(=O)OCC(COC(=O)CCCCCCCCOc2ccc(C=CC(=O)OCC)cc2)OC(=O)CCCCCCCCOc2ccc(C=CC(=O)OCC)cc2)cc1. The summed E-state index contributed by atoms with van der Waals surface area (Å²) in [6.45, 7) is 7.72. The summed E-state index contributed by atoms with van der Waals surface area (Å²) in [4.78, 5) is 73.0. The number of carbonyl (C=O) groups is 6. The number of hydrogen-bond acceptors (Lipinski definition) is 15. The average molecular weight is 1080 g/mol. The maximum atomic E-state index is 12.9. The third-order valence-electron chi connectivity index (χ3n) is 12.0. The van der Waals surface area contributed by atoms with Crippen LogP contribution in [-0.4, -0.2) is 94.8 Å². The van der Waals surface area contributed by atoms with Gasteiger partial charge in [0.1, 0.15) is 30.5 Å². The molecule has 0 aromatic heterocycles. The van der Waals surface area contributed by atoms with E-state index in [1.54, 1.807) is 39.0 Å². The van der Waals surface area contributed by atoms with Crippen molar-refractivity contribution >= 4 is 54.0 Å². The zero-order valence-electron chi connectivity index (χ0n) is 46.6. The second kappa shape index (κ2) is 43.1. The van der Waals surface area contributed by atoms with E-state index in [2.05, 4.69) is 0 Å². The van der Waals surface area contributed by atoms with Gasteiger partial charge in [0.05, 0.1) is 39.6 Å². The lowest BCUT2D eigenvalue weighted by atomic mass is 10.1. The standard InChI is InChI=1S/C63H86O15/c1-4-70-60(66)43-34-51-28-37-54(38-29-51)73-46-22-16-10-7-13-19-25-58(64)76-49-57(78-63(69)27-21-15-9-12-18-24-48-75-56-41-32-53(33-42-56)36-45-62(68)72-6-3)50-77-59(65)26-20-14-8-11-17-23-47-74-55-39-30-52(31-40-55)35-44-61(67)71-5-2/h28-45,57H,4-27,46-50H2,1-3H3. The van der Waals surface area contributed by atoms with Gasteiger partial charge in [-0.1, -0.05) is 113 Å². The van der Waals surface area contributed by atoms with Crippen LogP contribution in [0.4, 0.5) is 0 Å². The van der Waals surface area contributed by atoms with E-state index in [0.29, 0.717) is 58.9 Å². The first-order valence-electron chi connectivity index (χ1n) is 28.3. The van der Waals surface area contributed by atoms with Crippen molar-refractivity contribution in [3.63, 3.8) is 0 Å². The van der Waals surface area contributed by atoms with E-state index in [1.165, 1.54) is 18.2 Å². The molecule has 0 spiro atoms. The minimum absolute atomic E-state index is 0.187. The highest BCUT2D eigenvalue weighted by molar-refractivity contribution is 5.88. The van der Waals surface area contributed by atoms with Crippen LogP contribution in [0.5, 0.6) is 17.2 Å². The van der Waals surface area contributed by atoms with Crippen molar-refractivity contribution in [1.82, 2.24) is 0 Å². The minimum Gasteiger partial charge on any atom is -0.494 e. The Kier molecular flexibility index (Phi) is 36.1.